The second-order valence-electron chi connectivity index (χ2n) is 3.62. The van der Waals surface area contributed by atoms with Crippen molar-refractivity contribution >= 4 is 17.4 Å². The summed E-state index contributed by atoms with van der Waals surface area (Å²) in [5.41, 5.74) is 7.45. The predicted octanol–water partition coefficient (Wildman–Crippen LogP) is 2.82. The molecule has 1 aromatic carbocycles. The minimum Gasteiger partial charge on any atom is -0.494 e. The summed E-state index contributed by atoms with van der Waals surface area (Å²) in [6.07, 6.45) is 0. The van der Waals surface area contributed by atoms with Crippen molar-refractivity contribution in [3.05, 3.63) is 35.0 Å². The number of hydrogen-bond donors (Lipinski definition) is 1. The van der Waals surface area contributed by atoms with E-state index in [1.807, 2.05) is 38.1 Å². The van der Waals surface area contributed by atoms with Gasteiger partial charge in [0.15, 0.2) is 0 Å². The Hall–Kier alpha value is -1.68. The van der Waals surface area contributed by atoms with Crippen molar-refractivity contribution in [2.75, 3.05) is 12.3 Å². The fraction of sp³-hybridized carbons (Fsp3) is 0.250. The summed E-state index contributed by atoms with van der Waals surface area (Å²) in [7, 11) is 0. The van der Waals surface area contributed by atoms with E-state index in [0.717, 1.165) is 17.1 Å². The number of anilines is 1. The number of nitrogens with zero attached hydrogens (tertiary/aromatic N) is 2. The van der Waals surface area contributed by atoms with Crippen LogP contribution in [-0.4, -0.2) is 16.4 Å². The van der Waals surface area contributed by atoms with Crippen LogP contribution in [0.4, 0.5) is 5.82 Å². The molecule has 1 heterocycles. The maximum atomic E-state index is 6.00. The zero-order chi connectivity index (χ0) is 12.4. The maximum Gasteiger partial charge on any atom is 0.146 e. The summed E-state index contributed by atoms with van der Waals surface area (Å²) in [5.74, 6) is 1.28. The highest BCUT2D eigenvalue weighted by Crippen LogP contribution is 2.26. The first kappa shape index (κ1) is 11.8. The van der Waals surface area contributed by atoms with Crippen LogP contribution in [0.5, 0.6) is 5.75 Å². The molecular formula is C12H14ClN3O. The number of ether oxygens (including phenoxy) is 1. The fourth-order valence-electron chi connectivity index (χ4n) is 1.57. The molecule has 0 radical (unpaired) electrons. The molecule has 2 aromatic rings. The summed E-state index contributed by atoms with van der Waals surface area (Å²) >= 11 is 6.00. The molecule has 0 saturated carbocycles. The molecule has 0 aliphatic heterocycles. The van der Waals surface area contributed by atoms with Crippen molar-refractivity contribution in [2.45, 2.75) is 13.8 Å². The van der Waals surface area contributed by atoms with Gasteiger partial charge in [-0.3, -0.25) is 0 Å². The number of aromatic nitrogens is 2. The topological polar surface area (TPSA) is 53.1 Å². The van der Waals surface area contributed by atoms with Gasteiger partial charge in [0.1, 0.15) is 16.6 Å². The minimum atomic E-state index is 0.452. The number of aryl methyl sites for hydroxylation is 1. The molecule has 5 heteroatoms. The normalized spacial score (nSPS) is 10.5. The van der Waals surface area contributed by atoms with Gasteiger partial charge in [-0.25, -0.2) is 4.68 Å². The molecule has 17 heavy (non-hydrogen) atoms. The maximum absolute atomic E-state index is 6.00. The number of nitrogens with two attached hydrogens (primary N) is 1. The molecule has 0 aliphatic rings. The molecule has 0 unspecified atom stereocenters. The first-order chi connectivity index (χ1) is 8.13. The second-order valence-corrected chi connectivity index (χ2v) is 4.00. The van der Waals surface area contributed by atoms with Crippen molar-refractivity contribution in [1.82, 2.24) is 9.78 Å². The molecule has 0 atom stereocenters. The Balaban J connectivity index is 2.36. The summed E-state index contributed by atoms with van der Waals surface area (Å²) in [5, 5.41) is 4.77. The van der Waals surface area contributed by atoms with Gasteiger partial charge in [0, 0.05) is 0 Å². The molecule has 2 rings (SSSR count). The van der Waals surface area contributed by atoms with E-state index in [-0.39, 0.29) is 0 Å². The molecule has 0 amide bonds. The quantitative estimate of drug-likeness (QED) is 0.913. The van der Waals surface area contributed by atoms with E-state index in [2.05, 4.69) is 5.10 Å². The highest BCUT2D eigenvalue weighted by atomic mass is 35.5. The highest BCUT2D eigenvalue weighted by molar-refractivity contribution is 6.33. The monoisotopic (exact) mass is 251 g/mol. The third-order valence-electron chi connectivity index (χ3n) is 2.41. The van der Waals surface area contributed by atoms with Gasteiger partial charge in [0.2, 0.25) is 0 Å². The molecule has 0 bridgehead atoms. The van der Waals surface area contributed by atoms with Crippen LogP contribution in [-0.2, 0) is 0 Å². The van der Waals surface area contributed by atoms with Crippen molar-refractivity contribution in [3.8, 4) is 11.4 Å². The van der Waals surface area contributed by atoms with Crippen molar-refractivity contribution < 1.29 is 4.74 Å². The summed E-state index contributed by atoms with van der Waals surface area (Å²) in [6.45, 7) is 4.42. The van der Waals surface area contributed by atoms with Crippen LogP contribution in [0.1, 0.15) is 12.6 Å². The second kappa shape index (κ2) is 4.67. The lowest BCUT2D eigenvalue weighted by molar-refractivity contribution is 0.340. The van der Waals surface area contributed by atoms with Crippen molar-refractivity contribution in [2.24, 2.45) is 0 Å². The van der Waals surface area contributed by atoms with Crippen LogP contribution in [0.25, 0.3) is 5.69 Å². The smallest absolute Gasteiger partial charge is 0.146 e. The van der Waals surface area contributed by atoms with Gasteiger partial charge in [0.05, 0.1) is 18.0 Å². The zero-order valence-electron chi connectivity index (χ0n) is 9.77. The predicted molar refractivity (Wildman–Crippen MR) is 68.9 cm³/mol. The molecule has 0 aliphatic carbocycles. The lowest BCUT2D eigenvalue weighted by Crippen LogP contribution is -2.02. The molecule has 0 fully saturated rings. The van der Waals surface area contributed by atoms with Crippen molar-refractivity contribution in [1.29, 1.82) is 0 Å². The third kappa shape index (κ3) is 2.22. The standard InChI is InChI=1S/C12H14ClN3O/c1-3-17-10-6-4-9(5-7-10)16-12(14)11(13)8(2)15-16/h4-7H,3,14H2,1-2H3. The van der Waals surface area contributed by atoms with Gasteiger partial charge in [-0.2, -0.15) is 5.10 Å². The first-order valence-electron chi connectivity index (χ1n) is 5.37. The van der Waals surface area contributed by atoms with E-state index in [9.17, 15) is 0 Å². The molecule has 4 nitrogen and oxygen atoms in total. The number of halogens is 1. The zero-order valence-corrected chi connectivity index (χ0v) is 10.5. The van der Waals surface area contributed by atoms with Gasteiger partial charge in [0.25, 0.3) is 0 Å². The molecule has 1 aromatic heterocycles. The van der Waals surface area contributed by atoms with Gasteiger partial charge in [-0.15, -0.1) is 0 Å². The van der Waals surface area contributed by atoms with Gasteiger partial charge in [-0.1, -0.05) is 11.6 Å². The number of rotatable bonds is 3. The fourth-order valence-corrected chi connectivity index (χ4v) is 1.69. The van der Waals surface area contributed by atoms with E-state index in [0.29, 0.717) is 17.4 Å². The Morgan fingerprint density at radius 3 is 2.47 bits per heavy atom. The largest absolute Gasteiger partial charge is 0.494 e. The Kier molecular flexibility index (Phi) is 3.24. The van der Waals surface area contributed by atoms with E-state index in [1.54, 1.807) is 4.68 Å². The van der Waals surface area contributed by atoms with Crippen LogP contribution in [0.15, 0.2) is 24.3 Å². The Morgan fingerprint density at radius 1 is 1.35 bits per heavy atom. The molecule has 0 spiro atoms. The lowest BCUT2D eigenvalue weighted by Gasteiger charge is -2.06. The summed E-state index contributed by atoms with van der Waals surface area (Å²) < 4.78 is 6.99. The number of nitrogen functional groups attached to an aromatic ring is 1. The van der Waals surface area contributed by atoms with Crippen LogP contribution >= 0.6 is 11.6 Å². The summed E-state index contributed by atoms with van der Waals surface area (Å²) in [4.78, 5) is 0. The lowest BCUT2D eigenvalue weighted by atomic mass is 10.3. The SMILES string of the molecule is CCOc1ccc(-n2nc(C)c(Cl)c2N)cc1. The van der Waals surface area contributed by atoms with Crippen molar-refractivity contribution in [3.63, 3.8) is 0 Å². The first-order valence-corrected chi connectivity index (χ1v) is 5.75. The van der Waals surface area contributed by atoms with E-state index in [4.69, 9.17) is 22.1 Å². The Bertz CT molecular complexity index is 519. The Morgan fingerprint density at radius 2 is 2.00 bits per heavy atom. The third-order valence-corrected chi connectivity index (χ3v) is 2.88. The van der Waals surface area contributed by atoms with Gasteiger partial charge < -0.3 is 10.5 Å². The van der Waals surface area contributed by atoms with Crippen LogP contribution in [0.3, 0.4) is 0 Å². The molecule has 2 N–H and O–H groups in total. The average Bonchev–Trinajstić information content (AvgIpc) is 2.59. The molecular weight excluding hydrogens is 238 g/mol. The van der Waals surface area contributed by atoms with E-state index >= 15 is 0 Å². The molecule has 0 saturated heterocycles. The van der Waals surface area contributed by atoms with Crippen LogP contribution < -0.4 is 10.5 Å². The van der Waals surface area contributed by atoms with E-state index in [1.165, 1.54) is 0 Å². The number of benzene rings is 1. The summed E-state index contributed by atoms with van der Waals surface area (Å²) in [6, 6.07) is 7.54. The van der Waals surface area contributed by atoms with Crippen LogP contribution in [0, 0.1) is 6.92 Å². The van der Waals surface area contributed by atoms with E-state index < -0.39 is 0 Å². The highest BCUT2D eigenvalue weighted by Gasteiger charge is 2.11. The average molecular weight is 252 g/mol. The van der Waals surface area contributed by atoms with Gasteiger partial charge >= 0.3 is 0 Å². The Labute approximate surface area is 105 Å². The number of hydrogen-bond acceptors (Lipinski definition) is 3. The van der Waals surface area contributed by atoms with Crippen LogP contribution in [0.2, 0.25) is 5.02 Å². The van der Waals surface area contributed by atoms with Gasteiger partial charge in [-0.05, 0) is 38.1 Å². The minimum absolute atomic E-state index is 0.452. The molecule has 90 valence electrons.